The van der Waals surface area contributed by atoms with Gasteiger partial charge in [-0.15, -0.1) is 0 Å². The Morgan fingerprint density at radius 2 is 1.54 bits per heavy atom. The zero-order valence-electron chi connectivity index (χ0n) is 14.8. The van der Waals surface area contributed by atoms with E-state index in [0.717, 1.165) is 7.11 Å². The summed E-state index contributed by atoms with van der Waals surface area (Å²) >= 11 is 0. The number of hydrogen-bond acceptors (Lipinski definition) is 5. The van der Waals surface area contributed by atoms with Crippen molar-refractivity contribution in [3.05, 3.63) is 17.5 Å². The predicted molar refractivity (Wildman–Crippen MR) is 83.9 cm³/mol. The van der Waals surface area contributed by atoms with Crippen molar-refractivity contribution < 1.29 is 35.9 Å². The molecule has 1 N–H and O–H groups in total. The molecule has 0 aromatic carbocycles. The minimum atomic E-state index is -4.99. The van der Waals surface area contributed by atoms with Crippen LogP contribution in [-0.4, -0.2) is 45.6 Å². The summed E-state index contributed by atoms with van der Waals surface area (Å²) in [5.41, 5.74) is -10.1. The molecule has 5 rings (SSSR count). The first-order valence-electron chi connectivity index (χ1n) is 8.66. The van der Waals surface area contributed by atoms with Crippen LogP contribution in [0.1, 0.15) is 54.6 Å². The number of nitrogens with one attached hydrogen (secondary N) is 1. The number of hydrogen-bond donors (Lipinski definition) is 1. The molecular formula is C17H17F6N3O2. The third-order valence-corrected chi connectivity index (χ3v) is 5.71. The number of carbonyl (C=O) groups excluding carboxylic acids is 1. The molecule has 4 saturated carbocycles. The molecule has 1 heterocycles. The van der Waals surface area contributed by atoms with Gasteiger partial charge in [0.15, 0.2) is 5.69 Å². The summed E-state index contributed by atoms with van der Waals surface area (Å²) in [6, 6.07) is 0. The number of halogens is 6. The number of nitrogens with zero attached hydrogens (tertiary/aromatic N) is 2. The molecule has 4 aliphatic carbocycles. The maximum atomic E-state index is 15.0. The van der Waals surface area contributed by atoms with Gasteiger partial charge in [-0.1, -0.05) is 0 Å². The highest BCUT2D eigenvalue weighted by molar-refractivity contribution is 5.90. The number of rotatable bonds is 3. The molecule has 0 amide bonds. The fourth-order valence-electron chi connectivity index (χ4n) is 5.56. The largest absolute Gasteiger partial charge is 0.465 e. The number of carbonyl (C=O) groups is 1. The standard InChI is InChI=1S/C17H17F6N3O2/c1-28-11(27)9-2-24-12(25-10(9)17(21,22)23)26-16-6-13(18)3-14(19,7-16)5-15(20,4-13)8-16/h2H,3-8H2,1H3,(H,24,25,26). The van der Waals surface area contributed by atoms with Gasteiger partial charge in [-0.2, -0.15) is 13.2 Å². The number of anilines is 1. The minimum absolute atomic E-state index is 0.249. The molecule has 0 unspecified atom stereocenters. The van der Waals surface area contributed by atoms with E-state index in [2.05, 4.69) is 20.0 Å². The minimum Gasteiger partial charge on any atom is -0.465 e. The number of aromatic nitrogens is 2. The number of esters is 1. The fourth-order valence-corrected chi connectivity index (χ4v) is 5.56. The summed E-state index contributed by atoms with van der Waals surface area (Å²) in [6.07, 6.45) is -6.38. The first-order chi connectivity index (χ1) is 12.8. The monoisotopic (exact) mass is 409 g/mol. The van der Waals surface area contributed by atoms with Gasteiger partial charge in [0, 0.05) is 50.3 Å². The van der Waals surface area contributed by atoms with Gasteiger partial charge in [0.2, 0.25) is 5.95 Å². The van der Waals surface area contributed by atoms with E-state index in [4.69, 9.17) is 0 Å². The topological polar surface area (TPSA) is 64.1 Å². The Balaban J connectivity index is 1.71. The smallest absolute Gasteiger partial charge is 0.434 e. The van der Waals surface area contributed by atoms with Gasteiger partial charge in [-0.3, -0.25) is 0 Å². The van der Waals surface area contributed by atoms with Crippen LogP contribution in [0.15, 0.2) is 6.20 Å². The molecular weight excluding hydrogens is 392 g/mol. The molecule has 0 atom stereocenters. The van der Waals surface area contributed by atoms with Crippen LogP contribution in [0.5, 0.6) is 0 Å². The highest BCUT2D eigenvalue weighted by atomic mass is 19.4. The van der Waals surface area contributed by atoms with Crippen molar-refractivity contribution in [3.8, 4) is 0 Å². The lowest BCUT2D eigenvalue weighted by molar-refractivity contribution is -0.183. The van der Waals surface area contributed by atoms with E-state index in [0.29, 0.717) is 6.20 Å². The Morgan fingerprint density at radius 3 is 1.96 bits per heavy atom. The molecule has 4 fully saturated rings. The highest BCUT2D eigenvalue weighted by Crippen LogP contribution is 2.65. The van der Waals surface area contributed by atoms with E-state index in [1.807, 2.05) is 0 Å². The molecule has 28 heavy (non-hydrogen) atoms. The summed E-state index contributed by atoms with van der Waals surface area (Å²) < 4.78 is 89.2. The van der Waals surface area contributed by atoms with Gasteiger partial charge < -0.3 is 10.1 Å². The zero-order valence-corrected chi connectivity index (χ0v) is 14.8. The number of alkyl halides is 6. The Morgan fingerprint density at radius 1 is 1.04 bits per heavy atom. The first-order valence-corrected chi connectivity index (χ1v) is 8.66. The molecule has 4 aliphatic rings. The predicted octanol–water partition coefficient (Wildman–Crippen LogP) is 3.94. The second-order valence-corrected chi connectivity index (χ2v) is 8.36. The number of ether oxygens (including phenoxy) is 1. The molecule has 0 aliphatic heterocycles. The van der Waals surface area contributed by atoms with Crippen LogP contribution in [0, 0.1) is 0 Å². The van der Waals surface area contributed by atoms with Crippen LogP contribution in [0.25, 0.3) is 0 Å². The van der Waals surface area contributed by atoms with Gasteiger partial charge in [-0.25, -0.2) is 27.9 Å². The number of methoxy groups -OCH3 is 1. The van der Waals surface area contributed by atoms with Crippen molar-refractivity contribution in [1.29, 1.82) is 0 Å². The Labute approximate surface area is 155 Å². The van der Waals surface area contributed by atoms with Crippen LogP contribution in [-0.2, 0) is 10.9 Å². The van der Waals surface area contributed by atoms with E-state index in [9.17, 15) is 18.0 Å². The second kappa shape index (κ2) is 5.50. The van der Waals surface area contributed by atoms with Gasteiger partial charge in [0.25, 0.3) is 0 Å². The maximum absolute atomic E-state index is 15.0. The van der Waals surface area contributed by atoms with Gasteiger partial charge >= 0.3 is 12.1 Å². The van der Waals surface area contributed by atoms with E-state index in [1.54, 1.807) is 0 Å². The molecule has 4 bridgehead atoms. The van der Waals surface area contributed by atoms with Crippen molar-refractivity contribution in [2.75, 3.05) is 12.4 Å². The lowest BCUT2D eigenvalue weighted by atomic mass is 9.49. The van der Waals surface area contributed by atoms with E-state index < -0.39 is 71.2 Å². The summed E-state index contributed by atoms with van der Waals surface area (Å²) in [7, 11) is 0.909. The molecule has 11 heteroatoms. The highest BCUT2D eigenvalue weighted by Gasteiger charge is 2.70. The maximum Gasteiger partial charge on any atom is 0.434 e. The van der Waals surface area contributed by atoms with Crippen molar-refractivity contribution in [2.45, 2.75) is 67.2 Å². The SMILES string of the molecule is COC(=O)c1cnc(NC23CC4(F)CC(F)(CC(F)(C4)C2)C3)nc1C(F)(F)F. The average molecular weight is 409 g/mol. The summed E-state index contributed by atoms with van der Waals surface area (Å²) in [5, 5.41) is 2.56. The molecule has 0 saturated heterocycles. The third kappa shape index (κ3) is 3.08. The van der Waals surface area contributed by atoms with Crippen molar-refractivity contribution in [3.63, 3.8) is 0 Å². The lowest BCUT2D eigenvalue weighted by Crippen LogP contribution is -2.70. The fraction of sp³-hybridized carbons (Fsp3) is 0.706. The molecule has 1 aromatic heterocycles. The Bertz CT molecular complexity index is 791. The summed E-state index contributed by atoms with van der Waals surface area (Å²) in [4.78, 5) is 18.6. The van der Waals surface area contributed by atoms with Crippen molar-refractivity contribution in [2.24, 2.45) is 0 Å². The van der Waals surface area contributed by atoms with Crippen molar-refractivity contribution >= 4 is 11.9 Å². The zero-order chi connectivity index (χ0) is 20.6. The quantitative estimate of drug-likeness (QED) is 0.605. The Hall–Kier alpha value is -2.07. The molecule has 0 radical (unpaired) electrons. The van der Waals surface area contributed by atoms with Crippen molar-refractivity contribution in [1.82, 2.24) is 9.97 Å². The molecule has 0 spiro atoms. The molecule has 154 valence electrons. The van der Waals surface area contributed by atoms with Crippen LogP contribution < -0.4 is 5.32 Å². The van der Waals surface area contributed by atoms with E-state index in [1.165, 1.54) is 0 Å². The Kier molecular flexibility index (Phi) is 3.78. The summed E-state index contributed by atoms with van der Waals surface area (Å²) in [6.45, 7) is 0. The van der Waals surface area contributed by atoms with Gasteiger partial charge in [0.05, 0.1) is 7.11 Å². The summed E-state index contributed by atoms with van der Waals surface area (Å²) in [5.74, 6) is -1.85. The second-order valence-electron chi connectivity index (χ2n) is 8.36. The van der Waals surface area contributed by atoms with Crippen LogP contribution in [0.2, 0.25) is 0 Å². The van der Waals surface area contributed by atoms with Gasteiger partial charge in [0.1, 0.15) is 22.6 Å². The van der Waals surface area contributed by atoms with Crippen LogP contribution in [0.3, 0.4) is 0 Å². The van der Waals surface area contributed by atoms with E-state index >= 15 is 13.2 Å². The lowest BCUT2D eigenvalue weighted by Gasteiger charge is -2.63. The van der Waals surface area contributed by atoms with E-state index in [-0.39, 0.29) is 19.3 Å². The average Bonchev–Trinajstić information content (AvgIpc) is 2.48. The normalized spacial score (nSPS) is 39.1. The molecule has 5 nitrogen and oxygen atoms in total. The first kappa shape index (κ1) is 19.3. The van der Waals surface area contributed by atoms with Gasteiger partial charge in [-0.05, 0) is 0 Å². The van der Waals surface area contributed by atoms with Crippen LogP contribution >= 0.6 is 0 Å². The third-order valence-electron chi connectivity index (χ3n) is 5.71. The molecule has 1 aromatic rings. The van der Waals surface area contributed by atoms with Crippen LogP contribution in [0.4, 0.5) is 32.3 Å².